The van der Waals surface area contributed by atoms with E-state index in [0.29, 0.717) is 29.9 Å². The maximum absolute atomic E-state index is 12.9. The molecule has 0 spiro atoms. The first-order valence-corrected chi connectivity index (χ1v) is 12.4. The van der Waals surface area contributed by atoms with Crippen LogP contribution in [0.1, 0.15) is 72.3 Å². The fourth-order valence-corrected chi connectivity index (χ4v) is 5.18. The van der Waals surface area contributed by atoms with Crippen LogP contribution in [0.15, 0.2) is 51.9 Å². The summed E-state index contributed by atoms with van der Waals surface area (Å²) in [6, 6.07) is 9.96. The van der Waals surface area contributed by atoms with Crippen molar-refractivity contribution in [3.05, 3.63) is 58.7 Å². The molecule has 1 atom stereocenters. The van der Waals surface area contributed by atoms with Crippen molar-refractivity contribution in [2.24, 2.45) is 7.05 Å². The van der Waals surface area contributed by atoms with Gasteiger partial charge in [0.25, 0.3) is 0 Å². The number of carbonyl (C=O) groups excluding carboxylic acids is 1. The molecule has 186 valence electrons. The Morgan fingerprint density at radius 1 is 1.20 bits per heavy atom. The first kappa shape index (κ1) is 25.0. The summed E-state index contributed by atoms with van der Waals surface area (Å²) < 4.78 is 13.2. The average molecular weight is 478 g/mol. The third-order valence-electron chi connectivity index (χ3n) is 6.71. The quantitative estimate of drug-likeness (QED) is 0.276. The van der Waals surface area contributed by atoms with Gasteiger partial charge in [-0.1, -0.05) is 6.92 Å². The molecule has 1 aliphatic rings. The van der Waals surface area contributed by atoms with Crippen LogP contribution in [0, 0.1) is 0 Å². The standard InChI is InChI=1S/C29H37N2O4/c1-19-18-29(5,6)31(12-8-9-26(32)35-28(2,3)4)24-17-25-21(15-22(19)24)16-23(27(33)34-25)20-10-13-30(7)14-11-20/h10-11,13-17,19H,8-9,12,18H2,1-7H3/q+1. The molecule has 0 amide bonds. The highest BCUT2D eigenvalue weighted by Gasteiger charge is 2.36. The van der Waals surface area contributed by atoms with Crippen molar-refractivity contribution in [3.63, 3.8) is 0 Å². The van der Waals surface area contributed by atoms with E-state index in [1.807, 2.05) is 69.0 Å². The van der Waals surface area contributed by atoms with Gasteiger partial charge in [-0.3, -0.25) is 4.79 Å². The van der Waals surface area contributed by atoms with Crippen LogP contribution in [0.3, 0.4) is 0 Å². The SMILES string of the molecule is CC1CC(C)(C)N(CCCC(=O)OC(C)(C)C)c2cc3oc(=O)c(-c4cc[n+](C)cc4)cc3cc21. The summed E-state index contributed by atoms with van der Waals surface area (Å²) in [5.41, 5.74) is 3.41. The molecule has 1 aliphatic heterocycles. The Bertz CT molecular complexity index is 1300. The number of aryl methyl sites for hydroxylation is 1. The first-order chi connectivity index (χ1) is 16.3. The summed E-state index contributed by atoms with van der Waals surface area (Å²) in [6.07, 6.45) is 5.90. The van der Waals surface area contributed by atoms with Crippen molar-refractivity contribution >= 4 is 22.6 Å². The number of esters is 1. The maximum Gasteiger partial charge on any atom is 0.344 e. The van der Waals surface area contributed by atoms with Crippen LogP contribution in [0.25, 0.3) is 22.1 Å². The van der Waals surface area contributed by atoms with Gasteiger partial charge in [-0.25, -0.2) is 9.36 Å². The molecular weight excluding hydrogens is 440 g/mol. The average Bonchev–Trinajstić information content (AvgIpc) is 2.74. The van der Waals surface area contributed by atoms with Gasteiger partial charge in [-0.15, -0.1) is 0 Å². The van der Waals surface area contributed by atoms with Crippen molar-refractivity contribution in [1.29, 1.82) is 0 Å². The number of ether oxygens (including phenoxy) is 1. The smallest absolute Gasteiger partial charge is 0.344 e. The van der Waals surface area contributed by atoms with Crippen molar-refractivity contribution in [3.8, 4) is 11.1 Å². The molecule has 0 bridgehead atoms. The summed E-state index contributed by atoms with van der Waals surface area (Å²) in [7, 11) is 1.95. The lowest BCUT2D eigenvalue weighted by Crippen LogP contribution is -2.48. The molecule has 2 aromatic heterocycles. The van der Waals surface area contributed by atoms with Crippen molar-refractivity contribution in [2.75, 3.05) is 11.4 Å². The number of nitrogens with zero attached hydrogens (tertiary/aromatic N) is 2. The molecule has 0 aliphatic carbocycles. The van der Waals surface area contributed by atoms with Gasteiger partial charge >= 0.3 is 11.6 Å². The van der Waals surface area contributed by atoms with E-state index in [9.17, 15) is 9.59 Å². The van der Waals surface area contributed by atoms with E-state index in [4.69, 9.17) is 9.15 Å². The third-order valence-corrected chi connectivity index (χ3v) is 6.71. The molecule has 3 heterocycles. The Hall–Kier alpha value is -3.15. The number of hydrogen-bond acceptors (Lipinski definition) is 5. The fourth-order valence-electron chi connectivity index (χ4n) is 5.18. The van der Waals surface area contributed by atoms with Crippen LogP contribution in [0.4, 0.5) is 5.69 Å². The van der Waals surface area contributed by atoms with E-state index in [1.165, 1.54) is 5.56 Å². The van der Waals surface area contributed by atoms with Gasteiger partial charge in [0.2, 0.25) is 0 Å². The predicted octanol–water partition coefficient (Wildman–Crippen LogP) is 5.50. The molecular formula is C29H37N2O4+. The molecule has 1 unspecified atom stereocenters. The number of hydrogen-bond donors (Lipinski definition) is 0. The number of fused-ring (bicyclic) bond motifs is 2. The zero-order chi connectivity index (χ0) is 25.5. The van der Waals surface area contributed by atoms with Gasteiger partial charge in [0, 0.05) is 53.3 Å². The number of anilines is 1. The van der Waals surface area contributed by atoms with Crippen LogP contribution >= 0.6 is 0 Å². The Morgan fingerprint density at radius 3 is 2.54 bits per heavy atom. The molecule has 4 rings (SSSR count). The summed E-state index contributed by atoms with van der Waals surface area (Å²) in [5, 5.41) is 0.923. The monoisotopic (exact) mass is 477 g/mol. The number of aromatic nitrogens is 1. The molecule has 0 saturated carbocycles. The Kier molecular flexibility index (Phi) is 6.52. The minimum atomic E-state index is -0.476. The summed E-state index contributed by atoms with van der Waals surface area (Å²) in [4.78, 5) is 27.5. The van der Waals surface area contributed by atoms with Gasteiger partial charge in [0.05, 0.1) is 5.56 Å². The number of benzene rings is 1. The second kappa shape index (κ2) is 9.14. The fraction of sp³-hybridized carbons (Fsp3) is 0.483. The zero-order valence-electron chi connectivity index (χ0n) is 22.0. The minimum Gasteiger partial charge on any atom is -0.460 e. The van der Waals surface area contributed by atoms with E-state index < -0.39 is 5.60 Å². The second-order valence-electron chi connectivity index (χ2n) is 11.4. The first-order valence-electron chi connectivity index (χ1n) is 12.4. The Morgan fingerprint density at radius 2 is 1.89 bits per heavy atom. The molecule has 3 aromatic rings. The molecule has 0 saturated heterocycles. The molecule has 0 fully saturated rings. The molecule has 35 heavy (non-hydrogen) atoms. The summed E-state index contributed by atoms with van der Waals surface area (Å²) in [6.45, 7) is 13.1. The zero-order valence-corrected chi connectivity index (χ0v) is 22.0. The Labute approximate surface area is 207 Å². The van der Waals surface area contributed by atoms with E-state index in [2.05, 4.69) is 31.7 Å². The third kappa shape index (κ3) is 5.42. The second-order valence-corrected chi connectivity index (χ2v) is 11.4. The number of pyridine rings is 1. The van der Waals surface area contributed by atoms with Crippen LogP contribution < -0.4 is 15.1 Å². The van der Waals surface area contributed by atoms with E-state index in [0.717, 1.165) is 29.6 Å². The summed E-state index contributed by atoms with van der Waals surface area (Å²) in [5.74, 6) is 0.185. The highest BCUT2D eigenvalue weighted by Crippen LogP contribution is 2.45. The van der Waals surface area contributed by atoms with Crippen LogP contribution in [0.5, 0.6) is 0 Å². The van der Waals surface area contributed by atoms with Gasteiger partial charge in [0.15, 0.2) is 12.4 Å². The van der Waals surface area contributed by atoms with Gasteiger partial charge in [-0.2, -0.15) is 0 Å². The normalized spacial score (nSPS) is 17.3. The van der Waals surface area contributed by atoms with Crippen molar-refractivity contribution in [2.45, 2.75) is 77.9 Å². The summed E-state index contributed by atoms with van der Waals surface area (Å²) >= 11 is 0. The van der Waals surface area contributed by atoms with Gasteiger partial charge in [0.1, 0.15) is 18.2 Å². The van der Waals surface area contributed by atoms with Crippen LogP contribution in [-0.2, 0) is 16.6 Å². The Balaban J connectivity index is 1.68. The molecule has 6 nitrogen and oxygen atoms in total. The van der Waals surface area contributed by atoms with Crippen LogP contribution in [-0.4, -0.2) is 23.7 Å². The van der Waals surface area contributed by atoms with Crippen molar-refractivity contribution < 1.29 is 18.5 Å². The maximum atomic E-state index is 12.9. The topological polar surface area (TPSA) is 63.6 Å². The minimum absolute atomic E-state index is 0.0895. The molecule has 0 N–H and O–H groups in total. The molecule has 6 heteroatoms. The van der Waals surface area contributed by atoms with Gasteiger partial charge < -0.3 is 14.1 Å². The van der Waals surface area contributed by atoms with Crippen molar-refractivity contribution in [1.82, 2.24) is 0 Å². The van der Waals surface area contributed by atoms with E-state index in [1.54, 1.807) is 0 Å². The van der Waals surface area contributed by atoms with E-state index >= 15 is 0 Å². The largest absolute Gasteiger partial charge is 0.460 e. The van der Waals surface area contributed by atoms with Crippen LogP contribution in [0.2, 0.25) is 0 Å². The lowest BCUT2D eigenvalue weighted by Gasteiger charge is -2.47. The highest BCUT2D eigenvalue weighted by molar-refractivity contribution is 5.87. The molecule has 0 radical (unpaired) electrons. The predicted molar refractivity (Wildman–Crippen MR) is 139 cm³/mol. The lowest BCUT2D eigenvalue weighted by molar-refractivity contribution is -0.671. The van der Waals surface area contributed by atoms with E-state index in [-0.39, 0.29) is 17.1 Å². The number of rotatable bonds is 5. The van der Waals surface area contributed by atoms with Gasteiger partial charge in [-0.05, 0) is 71.1 Å². The highest BCUT2D eigenvalue weighted by atomic mass is 16.6. The number of carbonyl (C=O) groups is 1. The molecule has 1 aromatic carbocycles. The lowest BCUT2D eigenvalue weighted by atomic mass is 9.79.